The largest absolute Gasteiger partial charge is 0.405 e. The van der Waals surface area contributed by atoms with Crippen LogP contribution in [0.3, 0.4) is 0 Å². The van der Waals surface area contributed by atoms with Gasteiger partial charge in [-0.05, 0) is 32.0 Å². The molecule has 0 saturated carbocycles. The van der Waals surface area contributed by atoms with Gasteiger partial charge in [0, 0.05) is 5.92 Å². The van der Waals surface area contributed by atoms with Crippen LogP contribution in [0.5, 0.6) is 0 Å². The third-order valence-electron chi connectivity index (χ3n) is 5.22. The molecule has 0 radical (unpaired) electrons. The highest BCUT2D eigenvalue weighted by molar-refractivity contribution is 6.31. The fourth-order valence-electron chi connectivity index (χ4n) is 4.06. The SMILES string of the molecule is O=C(CN1C(=O)C2(CCNCC2)C2C(Cl)=C(F)C=CC21)NCC(F)(F)F. The Morgan fingerprint density at radius 1 is 1.38 bits per heavy atom. The number of likely N-dealkylation sites (tertiary alicyclic amines) is 1. The first-order chi connectivity index (χ1) is 12.2. The molecule has 144 valence electrons. The second-order valence-electron chi connectivity index (χ2n) is 6.75. The van der Waals surface area contributed by atoms with Gasteiger partial charge in [-0.3, -0.25) is 9.59 Å². The van der Waals surface area contributed by atoms with Crippen molar-refractivity contribution < 1.29 is 27.2 Å². The van der Waals surface area contributed by atoms with E-state index in [1.54, 1.807) is 5.32 Å². The number of piperidine rings is 1. The summed E-state index contributed by atoms with van der Waals surface area (Å²) < 4.78 is 50.9. The molecule has 2 unspecified atom stereocenters. The van der Waals surface area contributed by atoms with E-state index < -0.39 is 48.4 Å². The number of alkyl halides is 3. The minimum Gasteiger partial charge on any atom is -0.345 e. The van der Waals surface area contributed by atoms with Crippen molar-refractivity contribution in [1.82, 2.24) is 15.5 Å². The van der Waals surface area contributed by atoms with E-state index in [0.717, 1.165) is 6.08 Å². The number of rotatable bonds is 3. The van der Waals surface area contributed by atoms with Crippen molar-refractivity contribution in [3.63, 3.8) is 0 Å². The topological polar surface area (TPSA) is 61.4 Å². The van der Waals surface area contributed by atoms with E-state index in [1.807, 2.05) is 0 Å². The molecular formula is C16H18ClF4N3O2. The first-order valence-electron chi connectivity index (χ1n) is 8.24. The predicted molar refractivity (Wildman–Crippen MR) is 85.7 cm³/mol. The molecule has 1 spiro atoms. The smallest absolute Gasteiger partial charge is 0.345 e. The summed E-state index contributed by atoms with van der Waals surface area (Å²) in [6.07, 6.45) is -1.10. The maximum atomic E-state index is 14.0. The van der Waals surface area contributed by atoms with Crippen molar-refractivity contribution in [3.05, 3.63) is 23.0 Å². The van der Waals surface area contributed by atoms with Crippen molar-refractivity contribution >= 4 is 23.4 Å². The Balaban J connectivity index is 1.84. The lowest BCUT2D eigenvalue weighted by molar-refractivity contribution is -0.144. The molecule has 2 atom stereocenters. The Morgan fingerprint density at radius 3 is 2.65 bits per heavy atom. The van der Waals surface area contributed by atoms with Gasteiger partial charge in [0.2, 0.25) is 11.8 Å². The number of hydrogen-bond donors (Lipinski definition) is 2. The summed E-state index contributed by atoms with van der Waals surface area (Å²) in [5, 5.41) is 4.82. The molecular weight excluding hydrogens is 378 g/mol. The van der Waals surface area contributed by atoms with Crippen molar-refractivity contribution in [2.24, 2.45) is 11.3 Å². The molecule has 2 heterocycles. The van der Waals surface area contributed by atoms with E-state index >= 15 is 0 Å². The molecule has 2 fully saturated rings. The maximum absolute atomic E-state index is 14.0. The monoisotopic (exact) mass is 395 g/mol. The van der Waals surface area contributed by atoms with Crippen LogP contribution in [0.15, 0.2) is 23.0 Å². The number of nitrogens with zero attached hydrogens (tertiary/aromatic N) is 1. The normalized spacial score (nSPS) is 27.9. The third-order valence-corrected chi connectivity index (χ3v) is 5.64. The number of halogens is 5. The molecule has 26 heavy (non-hydrogen) atoms. The van der Waals surface area contributed by atoms with Crippen LogP contribution < -0.4 is 10.6 Å². The first kappa shape index (κ1) is 19.2. The Bertz CT molecular complexity index is 671. The van der Waals surface area contributed by atoms with E-state index in [2.05, 4.69) is 5.32 Å². The molecule has 5 nitrogen and oxygen atoms in total. The van der Waals surface area contributed by atoms with Gasteiger partial charge in [-0.15, -0.1) is 0 Å². The molecule has 2 N–H and O–H groups in total. The Kier molecular flexibility index (Phi) is 5.04. The van der Waals surface area contributed by atoms with Crippen molar-refractivity contribution in [2.45, 2.75) is 25.1 Å². The number of fused-ring (bicyclic) bond motifs is 2. The molecule has 1 aliphatic carbocycles. The lowest BCUT2D eigenvalue weighted by Gasteiger charge is -2.37. The van der Waals surface area contributed by atoms with Gasteiger partial charge >= 0.3 is 6.18 Å². The Hall–Kier alpha value is -1.61. The fraction of sp³-hybridized carbons (Fsp3) is 0.625. The molecule has 2 saturated heterocycles. The molecule has 0 aromatic rings. The zero-order valence-electron chi connectivity index (χ0n) is 13.7. The second kappa shape index (κ2) is 6.84. The highest BCUT2D eigenvalue weighted by atomic mass is 35.5. The molecule has 2 aliphatic heterocycles. The average molecular weight is 396 g/mol. The van der Waals surface area contributed by atoms with Gasteiger partial charge in [0.05, 0.1) is 16.5 Å². The zero-order chi connectivity index (χ0) is 19.1. The van der Waals surface area contributed by atoms with Crippen LogP contribution >= 0.6 is 11.6 Å². The lowest BCUT2D eigenvalue weighted by Crippen LogP contribution is -2.47. The van der Waals surface area contributed by atoms with Crippen LogP contribution in [0.4, 0.5) is 17.6 Å². The summed E-state index contributed by atoms with van der Waals surface area (Å²) in [4.78, 5) is 26.2. The second-order valence-corrected chi connectivity index (χ2v) is 7.16. The van der Waals surface area contributed by atoms with Gasteiger partial charge in [-0.25, -0.2) is 4.39 Å². The highest BCUT2D eigenvalue weighted by Crippen LogP contribution is 2.54. The molecule has 3 rings (SSSR count). The molecule has 10 heteroatoms. The van der Waals surface area contributed by atoms with Gasteiger partial charge in [-0.2, -0.15) is 13.2 Å². The average Bonchev–Trinajstić information content (AvgIpc) is 2.79. The molecule has 0 aromatic carbocycles. The van der Waals surface area contributed by atoms with Crippen LogP contribution in [0.2, 0.25) is 0 Å². The van der Waals surface area contributed by atoms with Crippen molar-refractivity contribution in [2.75, 3.05) is 26.2 Å². The van der Waals surface area contributed by atoms with Gasteiger partial charge in [0.15, 0.2) is 0 Å². The van der Waals surface area contributed by atoms with E-state index in [-0.39, 0.29) is 10.9 Å². The van der Waals surface area contributed by atoms with Crippen molar-refractivity contribution in [1.29, 1.82) is 0 Å². The Morgan fingerprint density at radius 2 is 2.04 bits per heavy atom. The minimum atomic E-state index is -4.54. The summed E-state index contributed by atoms with van der Waals surface area (Å²) in [7, 11) is 0. The van der Waals surface area contributed by atoms with Crippen LogP contribution in [-0.4, -0.2) is 55.1 Å². The van der Waals surface area contributed by atoms with Crippen molar-refractivity contribution in [3.8, 4) is 0 Å². The van der Waals surface area contributed by atoms with Gasteiger partial charge < -0.3 is 15.5 Å². The standard InChI is InChI=1S/C16H18ClF4N3O2/c17-13-9(18)1-2-10-12(13)15(3-5-22-6-4-15)14(26)24(10)7-11(25)23-8-16(19,20)21/h1-2,10,12,22H,3-8H2,(H,23,25). The highest BCUT2D eigenvalue weighted by Gasteiger charge is 2.60. The van der Waals surface area contributed by atoms with Crippen LogP contribution in [0.25, 0.3) is 0 Å². The van der Waals surface area contributed by atoms with E-state index in [9.17, 15) is 27.2 Å². The van der Waals surface area contributed by atoms with Crippen LogP contribution in [-0.2, 0) is 9.59 Å². The predicted octanol–water partition coefficient (Wildman–Crippen LogP) is 1.85. The maximum Gasteiger partial charge on any atom is 0.405 e. The van der Waals surface area contributed by atoms with Gasteiger partial charge in [-0.1, -0.05) is 17.7 Å². The number of nitrogens with one attached hydrogen (secondary N) is 2. The van der Waals surface area contributed by atoms with E-state index in [4.69, 9.17) is 11.6 Å². The quantitative estimate of drug-likeness (QED) is 0.717. The molecule has 0 aromatic heterocycles. The molecule has 3 aliphatic rings. The number of allylic oxidation sites excluding steroid dienone is 2. The molecule has 2 amide bonds. The minimum absolute atomic E-state index is 0.0639. The van der Waals surface area contributed by atoms with Gasteiger partial charge in [0.25, 0.3) is 0 Å². The summed E-state index contributed by atoms with van der Waals surface area (Å²) in [5.41, 5.74) is -0.945. The Labute approximate surface area is 152 Å². The first-order valence-corrected chi connectivity index (χ1v) is 8.62. The fourth-order valence-corrected chi connectivity index (χ4v) is 4.47. The van der Waals surface area contributed by atoms with E-state index in [1.165, 1.54) is 11.0 Å². The summed E-state index contributed by atoms with van der Waals surface area (Å²) in [6.45, 7) is -0.916. The van der Waals surface area contributed by atoms with Crippen LogP contribution in [0, 0.1) is 11.3 Å². The zero-order valence-corrected chi connectivity index (χ0v) is 14.5. The third kappa shape index (κ3) is 3.34. The summed E-state index contributed by atoms with van der Waals surface area (Å²) in [6, 6.07) is -0.649. The van der Waals surface area contributed by atoms with E-state index in [0.29, 0.717) is 25.9 Å². The summed E-state index contributed by atoms with van der Waals surface area (Å²) in [5.74, 6) is -2.55. The number of carbonyl (C=O) groups excluding carboxylic acids is 2. The summed E-state index contributed by atoms with van der Waals surface area (Å²) >= 11 is 6.18. The number of amides is 2. The van der Waals surface area contributed by atoms with Crippen LogP contribution in [0.1, 0.15) is 12.8 Å². The molecule has 0 bridgehead atoms. The van der Waals surface area contributed by atoms with Gasteiger partial charge in [0.1, 0.15) is 18.9 Å². The number of hydrogen-bond acceptors (Lipinski definition) is 3. The lowest BCUT2D eigenvalue weighted by atomic mass is 9.67. The number of carbonyl (C=O) groups is 2.